The predicted molar refractivity (Wildman–Crippen MR) is 79.9 cm³/mol. The van der Waals surface area contributed by atoms with E-state index in [1.807, 2.05) is 43.3 Å². The van der Waals surface area contributed by atoms with Crippen LogP contribution >= 0.6 is 0 Å². The molecule has 0 saturated carbocycles. The lowest BCUT2D eigenvalue weighted by molar-refractivity contribution is 0.600. The molecule has 0 saturated heterocycles. The smallest absolute Gasteiger partial charge is 0.231 e. The Morgan fingerprint density at radius 1 is 0.947 bits per heavy atom. The zero-order valence-electron chi connectivity index (χ0n) is 11.3. The highest BCUT2D eigenvalue weighted by Gasteiger charge is 2.12. The van der Waals surface area contributed by atoms with Crippen LogP contribution in [0.1, 0.15) is 5.56 Å². The summed E-state index contributed by atoms with van der Waals surface area (Å²) in [5.41, 5.74) is 3.95. The molecule has 0 atom stereocenters. The Hall–Kier alpha value is -1.81. The molecule has 0 spiro atoms. The van der Waals surface area contributed by atoms with E-state index in [2.05, 4.69) is 6.07 Å². The zero-order chi connectivity index (χ0) is 14.0. The first-order valence-electron chi connectivity index (χ1n) is 5.99. The average Bonchev–Trinajstić information content (AvgIpc) is 2.37. The largest absolute Gasteiger partial charge is 0.274 e. The molecule has 0 bridgehead atoms. The van der Waals surface area contributed by atoms with E-state index in [0.717, 1.165) is 11.1 Å². The van der Waals surface area contributed by atoms with Crippen LogP contribution < -0.4 is 4.31 Å². The number of hydrogen-bond acceptors (Lipinski definition) is 2. The second kappa shape index (κ2) is 5.05. The van der Waals surface area contributed by atoms with Crippen LogP contribution in [-0.4, -0.2) is 21.7 Å². The summed E-state index contributed by atoms with van der Waals surface area (Å²) in [6.45, 7) is 2.04. The Kier molecular flexibility index (Phi) is 3.62. The number of rotatable bonds is 3. The van der Waals surface area contributed by atoms with Crippen LogP contribution in [0.3, 0.4) is 0 Å². The van der Waals surface area contributed by atoms with Crippen molar-refractivity contribution < 1.29 is 8.42 Å². The molecule has 19 heavy (non-hydrogen) atoms. The molecule has 100 valence electrons. The minimum absolute atomic E-state index is 0.668. The fraction of sp³-hybridized carbons (Fsp3) is 0.200. The molecular weight excluding hydrogens is 258 g/mol. The molecule has 0 aliphatic carbocycles. The molecule has 0 amide bonds. The maximum Gasteiger partial charge on any atom is 0.231 e. The summed E-state index contributed by atoms with van der Waals surface area (Å²) in [6, 6.07) is 15.7. The summed E-state index contributed by atoms with van der Waals surface area (Å²) in [6.07, 6.45) is 1.20. The van der Waals surface area contributed by atoms with Crippen molar-refractivity contribution in [2.45, 2.75) is 6.92 Å². The number of benzene rings is 2. The third kappa shape index (κ3) is 3.15. The molecule has 0 radical (unpaired) electrons. The summed E-state index contributed by atoms with van der Waals surface area (Å²) in [5, 5.41) is 0. The highest BCUT2D eigenvalue weighted by molar-refractivity contribution is 7.92. The first kappa shape index (κ1) is 13.6. The van der Waals surface area contributed by atoms with Gasteiger partial charge in [0.2, 0.25) is 10.0 Å². The van der Waals surface area contributed by atoms with Gasteiger partial charge in [-0.1, -0.05) is 42.0 Å². The predicted octanol–water partition coefficient (Wildman–Crippen LogP) is 3.06. The molecule has 4 heteroatoms. The summed E-state index contributed by atoms with van der Waals surface area (Å²) in [5.74, 6) is 0. The van der Waals surface area contributed by atoms with Crippen molar-refractivity contribution in [3.63, 3.8) is 0 Å². The molecule has 2 aromatic carbocycles. The molecular formula is C15H17NO2S. The Balaban J connectivity index is 2.46. The normalized spacial score (nSPS) is 11.3. The van der Waals surface area contributed by atoms with Gasteiger partial charge in [0.25, 0.3) is 0 Å². The Morgan fingerprint density at radius 2 is 1.53 bits per heavy atom. The maximum absolute atomic E-state index is 11.6. The lowest BCUT2D eigenvalue weighted by Gasteiger charge is -2.17. The molecule has 0 fully saturated rings. The maximum atomic E-state index is 11.6. The van der Waals surface area contributed by atoms with Gasteiger partial charge >= 0.3 is 0 Å². The van der Waals surface area contributed by atoms with E-state index in [1.54, 1.807) is 13.1 Å². The second-order valence-corrected chi connectivity index (χ2v) is 6.66. The monoisotopic (exact) mass is 275 g/mol. The fourth-order valence-corrected chi connectivity index (χ4v) is 2.39. The zero-order valence-corrected chi connectivity index (χ0v) is 12.1. The van der Waals surface area contributed by atoms with Gasteiger partial charge in [0.15, 0.2) is 0 Å². The van der Waals surface area contributed by atoms with E-state index in [1.165, 1.54) is 16.1 Å². The quantitative estimate of drug-likeness (QED) is 0.863. The highest BCUT2D eigenvalue weighted by Crippen LogP contribution is 2.25. The summed E-state index contributed by atoms with van der Waals surface area (Å²) >= 11 is 0. The van der Waals surface area contributed by atoms with Crippen molar-refractivity contribution in [2.24, 2.45) is 0 Å². The van der Waals surface area contributed by atoms with E-state index in [9.17, 15) is 8.42 Å². The first-order valence-corrected chi connectivity index (χ1v) is 7.84. The standard InChI is InChI=1S/C15H17NO2S/c1-12-6-4-7-13(10-12)14-8-5-9-15(11-14)16(2)19(3,17)18/h4-11H,1-3H3. The Bertz CT molecular complexity index is 693. The van der Waals surface area contributed by atoms with Crippen molar-refractivity contribution in [3.05, 3.63) is 54.1 Å². The summed E-state index contributed by atoms with van der Waals surface area (Å²) in [4.78, 5) is 0. The molecule has 0 N–H and O–H groups in total. The van der Waals surface area contributed by atoms with Crippen molar-refractivity contribution in [3.8, 4) is 11.1 Å². The molecule has 2 rings (SSSR count). The molecule has 0 aliphatic heterocycles. The summed E-state index contributed by atoms with van der Waals surface area (Å²) in [7, 11) is -1.67. The third-order valence-electron chi connectivity index (χ3n) is 3.06. The Labute approximate surface area is 114 Å². The minimum atomic E-state index is -3.23. The first-order chi connectivity index (χ1) is 8.88. The van der Waals surface area contributed by atoms with E-state index in [4.69, 9.17) is 0 Å². The van der Waals surface area contributed by atoms with Gasteiger partial charge in [0, 0.05) is 7.05 Å². The van der Waals surface area contributed by atoms with Gasteiger partial charge in [0.05, 0.1) is 11.9 Å². The number of hydrogen-bond donors (Lipinski definition) is 0. The second-order valence-electron chi connectivity index (χ2n) is 4.65. The van der Waals surface area contributed by atoms with Gasteiger partial charge in [-0.05, 0) is 30.2 Å². The molecule has 0 aromatic heterocycles. The lowest BCUT2D eigenvalue weighted by atomic mass is 10.0. The number of aryl methyl sites for hydroxylation is 1. The van der Waals surface area contributed by atoms with Gasteiger partial charge in [0.1, 0.15) is 0 Å². The topological polar surface area (TPSA) is 37.4 Å². The summed E-state index contributed by atoms with van der Waals surface area (Å²) < 4.78 is 24.4. The molecule has 2 aromatic rings. The van der Waals surface area contributed by atoms with E-state index in [-0.39, 0.29) is 0 Å². The van der Waals surface area contributed by atoms with Crippen molar-refractivity contribution in [2.75, 3.05) is 17.6 Å². The van der Waals surface area contributed by atoms with Crippen LogP contribution in [0.4, 0.5) is 5.69 Å². The van der Waals surface area contributed by atoms with Crippen LogP contribution in [0, 0.1) is 6.92 Å². The SMILES string of the molecule is Cc1cccc(-c2cccc(N(C)S(C)(=O)=O)c2)c1. The Morgan fingerprint density at radius 3 is 2.11 bits per heavy atom. The average molecular weight is 275 g/mol. The van der Waals surface area contributed by atoms with Crippen LogP contribution in [0.5, 0.6) is 0 Å². The van der Waals surface area contributed by atoms with E-state index < -0.39 is 10.0 Å². The third-order valence-corrected chi connectivity index (χ3v) is 4.26. The van der Waals surface area contributed by atoms with Gasteiger partial charge in [-0.2, -0.15) is 0 Å². The van der Waals surface area contributed by atoms with Gasteiger partial charge in [-0.3, -0.25) is 4.31 Å². The van der Waals surface area contributed by atoms with E-state index in [0.29, 0.717) is 5.69 Å². The molecule has 0 heterocycles. The van der Waals surface area contributed by atoms with Crippen LogP contribution in [0.15, 0.2) is 48.5 Å². The minimum Gasteiger partial charge on any atom is -0.274 e. The highest BCUT2D eigenvalue weighted by atomic mass is 32.2. The van der Waals surface area contributed by atoms with Crippen molar-refractivity contribution >= 4 is 15.7 Å². The van der Waals surface area contributed by atoms with Crippen LogP contribution in [0.25, 0.3) is 11.1 Å². The van der Waals surface area contributed by atoms with Gasteiger partial charge in [-0.15, -0.1) is 0 Å². The molecule has 3 nitrogen and oxygen atoms in total. The molecule has 0 unspecified atom stereocenters. The van der Waals surface area contributed by atoms with Crippen LogP contribution in [0.2, 0.25) is 0 Å². The van der Waals surface area contributed by atoms with E-state index >= 15 is 0 Å². The molecule has 0 aliphatic rings. The fourth-order valence-electron chi connectivity index (χ4n) is 1.90. The van der Waals surface area contributed by atoms with Crippen molar-refractivity contribution in [1.82, 2.24) is 0 Å². The van der Waals surface area contributed by atoms with Crippen LogP contribution in [-0.2, 0) is 10.0 Å². The number of anilines is 1. The number of sulfonamides is 1. The lowest BCUT2D eigenvalue weighted by Crippen LogP contribution is -2.24. The van der Waals surface area contributed by atoms with Gasteiger partial charge in [-0.25, -0.2) is 8.42 Å². The van der Waals surface area contributed by atoms with Gasteiger partial charge < -0.3 is 0 Å². The number of nitrogens with zero attached hydrogens (tertiary/aromatic N) is 1. The van der Waals surface area contributed by atoms with Crippen molar-refractivity contribution in [1.29, 1.82) is 0 Å².